The highest BCUT2D eigenvalue weighted by Gasteiger charge is 2.14. The number of ether oxygens (including phenoxy) is 1. The highest BCUT2D eigenvalue weighted by atomic mass is 16.5. The van der Waals surface area contributed by atoms with Crippen LogP contribution in [-0.4, -0.2) is 18.4 Å². The number of carbonyl (C=O) groups is 2. The van der Waals surface area contributed by atoms with Crippen LogP contribution in [0.1, 0.15) is 34.5 Å². The average molecular weight is 362 g/mol. The summed E-state index contributed by atoms with van der Waals surface area (Å²) in [6, 6.07) is 19.1. The molecule has 5 heteroatoms. The molecule has 138 valence electrons. The maximum Gasteiger partial charge on any atom is 0.258 e. The van der Waals surface area contributed by atoms with E-state index in [4.69, 9.17) is 10.5 Å². The molecule has 0 saturated heterocycles. The molecule has 3 aromatic rings. The van der Waals surface area contributed by atoms with Gasteiger partial charge in [-0.2, -0.15) is 0 Å². The second-order valence-electron chi connectivity index (χ2n) is 6.55. The van der Waals surface area contributed by atoms with Gasteiger partial charge < -0.3 is 15.8 Å². The first kappa shape index (κ1) is 18.5. The van der Waals surface area contributed by atoms with Crippen molar-refractivity contribution in [2.45, 2.75) is 19.9 Å². The number of aryl methyl sites for hydroxylation is 1. The topological polar surface area (TPSA) is 81.4 Å². The van der Waals surface area contributed by atoms with Crippen molar-refractivity contribution < 1.29 is 14.3 Å². The fourth-order valence-electron chi connectivity index (χ4n) is 2.94. The number of fused-ring (bicyclic) bond motifs is 1. The van der Waals surface area contributed by atoms with Crippen molar-refractivity contribution in [3.8, 4) is 5.75 Å². The number of nitrogens with two attached hydrogens (primary N) is 1. The summed E-state index contributed by atoms with van der Waals surface area (Å²) in [4.78, 5) is 23.8. The van der Waals surface area contributed by atoms with Gasteiger partial charge >= 0.3 is 0 Å². The van der Waals surface area contributed by atoms with Crippen LogP contribution in [0.5, 0.6) is 5.75 Å². The van der Waals surface area contributed by atoms with Crippen LogP contribution in [-0.2, 0) is 4.79 Å². The summed E-state index contributed by atoms with van der Waals surface area (Å²) < 4.78 is 5.54. The number of amides is 2. The lowest BCUT2D eigenvalue weighted by Gasteiger charge is -2.16. The molecule has 5 nitrogen and oxygen atoms in total. The Kier molecular flexibility index (Phi) is 5.41. The Morgan fingerprint density at radius 2 is 1.78 bits per heavy atom. The van der Waals surface area contributed by atoms with Gasteiger partial charge in [0.15, 0.2) is 6.61 Å². The van der Waals surface area contributed by atoms with Crippen molar-refractivity contribution in [3.05, 3.63) is 77.4 Å². The number of rotatable bonds is 6. The molecule has 0 aliphatic carbocycles. The first-order valence-electron chi connectivity index (χ1n) is 8.75. The van der Waals surface area contributed by atoms with Crippen molar-refractivity contribution in [3.63, 3.8) is 0 Å². The SMILES string of the molecule is Cc1ccc(C(N)=O)c(OCC(=O)NC(C)c2ccc3ccccc3c2)c1. The molecule has 1 unspecified atom stereocenters. The lowest BCUT2D eigenvalue weighted by atomic mass is 10.0. The molecule has 3 aromatic carbocycles. The van der Waals surface area contributed by atoms with E-state index in [1.165, 1.54) is 0 Å². The number of primary amides is 1. The van der Waals surface area contributed by atoms with Crippen LogP contribution in [0.3, 0.4) is 0 Å². The Morgan fingerprint density at radius 3 is 2.52 bits per heavy atom. The van der Waals surface area contributed by atoms with Crippen molar-refractivity contribution >= 4 is 22.6 Å². The van der Waals surface area contributed by atoms with Crippen LogP contribution in [0.2, 0.25) is 0 Å². The molecule has 0 spiro atoms. The van der Waals surface area contributed by atoms with Crippen LogP contribution >= 0.6 is 0 Å². The lowest BCUT2D eigenvalue weighted by molar-refractivity contribution is -0.123. The first-order valence-corrected chi connectivity index (χ1v) is 8.75. The highest BCUT2D eigenvalue weighted by Crippen LogP contribution is 2.21. The maximum atomic E-state index is 12.3. The second kappa shape index (κ2) is 7.91. The Labute approximate surface area is 158 Å². The Bertz CT molecular complexity index is 998. The molecule has 0 aliphatic heterocycles. The standard InChI is InChI=1S/C22H22N2O3/c1-14-7-10-19(22(23)26)20(11-14)27-13-21(25)24-15(2)17-9-8-16-5-3-4-6-18(16)12-17/h3-12,15H,13H2,1-2H3,(H2,23,26)(H,24,25). The Morgan fingerprint density at radius 1 is 1.04 bits per heavy atom. The number of hydrogen-bond donors (Lipinski definition) is 2. The third-order valence-corrected chi connectivity index (χ3v) is 4.41. The summed E-state index contributed by atoms with van der Waals surface area (Å²) in [5.41, 5.74) is 7.54. The molecule has 27 heavy (non-hydrogen) atoms. The van der Waals surface area contributed by atoms with Gasteiger partial charge in [0.2, 0.25) is 0 Å². The molecule has 0 radical (unpaired) electrons. The van der Waals surface area contributed by atoms with Crippen LogP contribution in [0.25, 0.3) is 10.8 Å². The molecular formula is C22H22N2O3. The fourth-order valence-corrected chi connectivity index (χ4v) is 2.94. The van der Waals surface area contributed by atoms with Gasteiger partial charge in [0.05, 0.1) is 11.6 Å². The summed E-state index contributed by atoms with van der Waals surface area (Å²) in [6.07, 6.45) is 0. The van der Waals surface area contributed by atoms with Gasteiger partial charge in [0.1, 0.15) is 5.75 Å². The minimum atomic E-state index is -0.588. The zero-order chi connectivity index (χ0) is 19.4. The molecule has 3 N–H and O–H groups in total. The van der Waals surface area contributed by atoms with Gasteiger partial charge in [0.25, 0.3) is 11.8 Å². The van der Waals surface area contributed by atoms with Gasteiger partial charge in [0, 0.05) is 0 Å². The summed E-state index contributed by atoms with van der Waals surface area (Å²) in [5.74, 6) is -0.543. The lowest BCUT2D eigenvalue weighted by Crippen LogP contribution is -2.31. The maximum absolute atomic E-state index is 12.3. The van der Waals surface area contributed by atoms with E-state index in [0.717, 1.165) is 21.9 Å². The third-order valence-electron chi connectivity index (χ3n) is 4.41. The normalized spacial score (nSPS) is 11.8. The van der Waals surface area contributed by atoms with E-state index in [1.54, 1.807) is 18.2 Å². The summed E-state index contributed by atoms with van der Waals surface area (Å²) in [6.45, 7) is 3.60. The van der Waals surface area contributed by atoms with Gasteiger partial charge in [-0.25, -0.2) is 0 Å². The summed E-state index contributed by atoms with van der Waals surface area (Å²) >= 11 is 0. The van der Waals surface area contributed by atoms with E-state index in [2.05, 4.69) is 11.4 Å². The van der Waals surface area contributed by atoms with Gasteiger partial charge in [-0.15, -0.1) is 0 Å². The summed E-state index contributed by atoms with van der Waals surface area (Å²) in [5, 5.41) is 5.19. The first-order chi connectivity index (χ1) is 12.9. The van der Waals surface area contributed by atoms with E-state index >= 15 is 0 Å². The molecular weight excluding hydrogens is 340 g/mol. The van der Waals surface area contributed by atoms with Crippen LogP contribution in [0.4, 0.5) is 0 Å². The van der Waals surface area contributed by atoms with Crippen LogP contribution < -0.4 is 15.8 Å². The van der Waals surface area contributed by atoms with Gasteiger partial charge in [-0.05, 0) is 53.9 Å². The molecule has 0 saturated carbocycles. The van der Waals surface area contributed by atoms with Gasteiger partial charge in [-0.3, -0.25) is 9.59 Å². The largest absolute Gasteiger partial charge is 0.483 e. The molecule has 2 amide bonds. The monoisotopic (exact) mass is 362 g/mol. The minimum Gasteiger partial charge on any atom is -0.483 e. The van der Waals surface area contributed by atoms with Crippen molar-refractivity contribution in [2.24, 2.45) is 5.73 Å². The fraction of sp³-hybridized carbons (Fsp3) is 0.182. The molecule has 0 fully saturated rings. The Hall–Kier alpha value is -3.34. The van der Waals surface area contributed by atoms with Gasteiger partial charge in [-0.1, -0.05) is 42.5 Å². The number of nitrogens with one attached hydrogen (secondary N) is 1. The van der Waals surface area contributed by atoms with Crippen molar-refractivity contribution in [1.29, 1.82) is 0 Å². The Balaban J connectivity index is 1.65. The van der Waals surface area contributed by atoms with Crippen LogP contribution in [0, 0.1) is 6.92 Å². The highest BCUT2D eigenvalue weighted by molar-refractivity contribution is 5.95. The smallest absolute Gasteiger partial charge is 0.258 e. The molecule has 0 heterocycles. The molecule has 0 aromatic heterocycles. The van der Waals surface area contributed by atoms with E-state index in [0.29, 0.717) is 5.75 Å². The predicted octanol–water partition coefficient (Wildman–Crippen LogP) is 3.50. The quantitative estimate of drug-likeness (QED) is 0.704. The third kappa shape index (κ3) is 4.44. The number of carbonyl (C=O) groups excluding carboxylic acids is 2. The van der Waals surface area contributed by atoms with E-state index in [9.17, 15) is 9.59 Å². The minimum absolute atomic E-state index is 0.168. The van der Waals surface area contributed by atoms with Crippen molar-refractivity contribution in [2.75, 3.05) is 6.61 Å². The van der Waals surface area contributed by atoms with Crippen molar-refractivity contribution in [1.82, 2.24) is 5.32 Å². The molecule has 0 bridgehead atoms. The van der Waals surface area contributed by atoms with E-state index in [-0.39, 0.29) is 24.1 Å². The predicted molar refractivity (Wildman–Crippen MR) is 106 cm³/mol. The number of benzene rings is 3. The number of hydrogen-bond acceptors (Lipinski definition) is 3. The average Bonchev–Trinajstić information content (AvgIpc) is 2.65. The molecule has 3 rings (SSSR count). The molecule has 1 atom stereocenters. The zero-order valence-corrected chi connectivity index (χ0v) is 15.4. The van der Waals surface area contributed by atoms with Crippen LogP contribution in [0.15, 0.2) is 60.7 Å². The molecule has 0 aliphatic rings. The zero-order valence-electron chi connectivity index (χ0n) is 15.4. The second-order valence-corrected chi connectivity index (χ2v) is 6.55. The van der Waals surface area contributed by atoms with E-state index in [1.807, 2.05) is 50.2 Å². The van der Waals surface area contributed by atoms with E-state index < -0.39 is 5.91 Å². The summed E-state index contributed by atoms with van der Waals surface area (Å²) in [7, 11) is 0.